The molecule has 1 aromatic rings. The highest BCUT2D eigenvalue weighted by molar-refractivity contribution is 5.61. The molecule has 0 aliphatic heterocycles. The molecular weight excluding hydrogens is 244 g/mol. The van der Waals surface area contributed by atoms with Gasteiger partial charge in [0.15, 0.2) is 0 Å². The van der Waals surface area contributed by atoms with E-state index < -0.39 is 4.92 Å². The van der Waals surface area contributed by atoms with E-state index in [2.05, 4.69) is 31.1 Å². The Labute approximate surface area is 113 Å². The zero-order valence-corrected chi connectivity index (χ0v) is 11.7. The van der Waals surface area contributed by atoms with E-state index in [1.165, 1.54) is 0 Å². The molecule has 3 N–H and O–H groups in total. The van der Waals surface area contributed by atoms with Crippen LogP contribution in [0.25, 0.3) is 0 Å². The Morgan fingerprint density at radius 2 is 2.16 bits per heavy atom. The van der Waals surface area contributed by atoms with E-state index in [1.54, 1.807) is 12.1 Å². The largest absolute Gasteiger partial charge is 0.318 e. The fourth-order valence-corrected chi connectivity index (χ4v) is 1.99. The average Bonchev–Trinajstić information content (AvgIpc) is 2.37. The van der Waals surface area contributed by atoms with E-state index in [0.29, 0.717) is 18.3 Å². The third-order valence-electron chi connectivity index (χ3n) is 3.04. The first-order chi connectivity index (χ1) is 8.99. The summed E-state index contributed by atoms with van der Waals surface area (Å²) in [6.45, 7) is 8.05. The SMILES string of the molecule is CCCN(Cc1ccc(NN)c([N+](=O)[O-])c1)C(C)C. The molecule has 0 fully saturated rings. The van der Waals surface area contributed by atoms with Crippen LogP contribution in [-0.2, 0) is 6.54 Å². The summed E-state index contributed by atoms with van der Waals surface area (Å²) in [5.41, 5.74) is 3.62. The number of nitrogens with two attached hydrogens (primary N) is 1. The van der Waals surface area contributed by atoms with Crippen LogP contribution in [0.15, 0.2) is 18.2 Å². The van der Waals surface area contributed by atoms with Gasteiger partial charge in [0.25, 0.3) is 5.69 Å². The van der Waals surface area contributed by atoms with E-state index >= 15 is 0 Å². The molecule has 1 aromatic carbocycles. The van der Waals surface area contributed by atoms with Crippen LogP contribution in [0.5, 0.6) is 0 Å². The van der Waals surface area contributed by atoms with Gasteiger partial charge in [-0.05, 0) is 38.4 Å². The van der Waals surface area contributed by atoms with Crippen molar-refractivity contribution < 1.29 is 4.92 Å². The predicted octanol–water partition coefficient (Wildman–Crippen LogP) is 2.50. The number of anilines is 1. The highest BCUT2D eigenvalue weighted by Crippen LogP contribution is 2.25. The minimum Gasteiger partial charge on any atom is -0.318 e. The van der Waals surface area contributed by atoms with Crippen LogP contribution in [0.3, 0.4) is 0 Å². The van der Waals surface area contributed by atoms with E-state index in [9.17, 15) is 10.1 Å². The van der Waals surface area contributed by atoms with Gasteiger partial charge in [0.1, 0.15) is 5.69 Å². The first kappa shape index (κ1) is 15.4. The molecule has 0 spiro atoms. The maximum Gasteiger partial charge on any atom is 0.293 e. The van der Waals surface area contributed by atoms with Crippen molar-refractivity contribution in [3.63, 3.8) is 0 Å². The maximum absolute atomic E-state index is 11.0. The summed E-state index contributed by atoms with van der Waals surface area (Å²) in [6, 6.07) is 5.51. The predicted molar refractivity (Wildman–Crippen MR) is 76.7 cm³/mol. The summed E-state index contributed by atoms with van der Waals surface area (Å²) in [6.07, 6.45) is 1.06. The van der Waals surface area contributed by atoms with Crippen molar-refractivity contribution in [2.45, 2.75) is 39.8 Å². The molecule has 0 aliphatic rings. The second-order valence-corrected chi connectivity index (χ2v) is 4.82. The molecule has 1 rings (SSSR count). The van der Waals surface area contributed by atoms with Gasteiger partial charge in [0.05, 0.1) is 4.92 Å². The highest BCUT2D eigenvalue weighted by Gasteiger charge is 2.16. The van der Waals surface area contributed by atoms with Crippen LogP contribution in [-0.4, -0.2) is 22.4 Å². The standard InChI is InChI=1S/C13H22N4O2/c1-4-7-16(10(2)3)9-11-5-6-12(15-14)13(8-11)17(18)19/h5-6,8,10,15H,4,7,9,14H2,1-3H3. The van der Waals surface area contributed by atoms with E-state index in [4.69, 9.17) is 5.84 Å². The van der Waals surface area contributed by atoms with Gasteiger partial charge < -0.3 is 5.43 Å². The van der Waals surface area contributed by atoms with Crippen LogP contribution in [0.4, 0.5) is 11.4 Å². The second kappa shape index (κ2) is 7.06. The van der Waals surface area contributed by atoms with Gasteiger partial charge in [0, 0.05) is 18.7 Å². The number of nitrogens with zero attached hydrogens (tertiary/aromatic N) is 2. The van der Waals surface area contributed by atoms with E-state index in [1.807, 2.05) is 6.07 Å². The van der Waals surface area contributed by atoms with Crippen molar-refractivity contribution in [2.75, 3.05) is 12.0 Å². The molecule has 6 nitrogen and oxygen atoms in total. The lowest BCUT2D eigenvalue weighted by Crippen LogP contribution is -2.31. The summed E-state index contributed by atoms with van der Waals surface area (Å²) < 4.78 is 0. The molecule has 0 aliphatic carbocycles. The molecule has 0 unspecified atom stereocenters. The average molecular weight is 266 g/mol. The smallest absolute Gasteiger partial charge is 0.293 e. The molecule has 0 saturated heterocycles. The molecule has 0 radical (unpaired) electrons. The number of benzene rings is 1. The molecule has 6 heteroatoms. The van der Waals surface area contributed by atoms with Crippen molar-refractivity contribution in [1.29, 1.82) is 0 Å². The molecule has 0 aromatic heterocycles. The lowest BCUT2D eigenvalue weighted by Gasteiger charge is -2.26. The monoisotopic (exact) mass is 266 g/mol. The molecular formula is C13H22N4O2. The lowest BCUT2D eigenvalue weighted by molar-refractivity contribution is -0.384. The minimum absolute atomic E-state index is 0.0141. The van der Waals surface area contributed by atoms with E-state index in [-0.39, 0.29) is 5.69 Å². The summed E-state index contributed by atoms with van der Waals surface area (Å²) in [5.74, 6) is 5.27. The van der Waals surface area contributed by atoms with Crippen molar-refractivity contribution in [1.82, 2.24) is 4.90 Å². The zero-order chi connectivity index (χ0) is 14.4. The summed E-state index contributed by atoms with van der Waals surface area (Å²) >= 11 is 0. The Balaban J connectivity index is 2.95. The molecule has 0 heterocycles. The Bertz CT molecular complexity index is 435. The van der Waals surface area contributed by atoms with Crippen molar-refractivity contribution in [3.05, 3.63) is 33.9 Å². The highest BCUT2D eigenvalue weighted by atomic mass is 16.6. The normalized spacial score (nSPS) is 11.1. The van der Waals surface area contributed by atoms with Gasteiger partial charge in [-0.3, -0.25) is 20.9 Å². The third kappa shape index (κ3) is 4.18. The topological polar surface area (TPSA) is 84.4 Å². The minimum atomic E-state index is -0.418. The quantitative estimate of drug-likeness (QED) is 0.450. The first-order valence-corrected chi connectivity index (χ1v) is 6.47. The number of rotatable bonds is 7. The van der Waals surface area contributed by atoms with Crippen LogP contribution < -0.4 is 11.3 Å². The van der Waals surface area contributed by atoms with Crippen LogP contribution in [0.1, 0.15) is 32.8 Å². The van der Waals surface area contributed by atoms with Gasteiger partial charge in [-0.15, -0.1) is 0 Å². The number of hydrogen-bond donors (Lipinski definition) is 2. The molecule has 0 amide bonds. The number of hydrogen-bond acceptors (Lipinski definition) is 5. The zero-order valence-electron chi connectivity index (χ0n) is 11.7. The van der Waals surface area contributed by atoms with Gasteiger partial charge in [0.2, 0.25) is 0 Å². The molecule has 19 heavy (non-hydrogen) atoms. The number of nitro benzene ring substituents is 1. The van der Waals surface area contributed by atoms with Crippen LogP contribution in [0.2, 0.25) is 0 Å². The summed E-state index contributed by atoms with van der Waals surface area (Å²) in [4.78, 5) is 12.8. The number of hydrazine groups is 1. The van der Waals surface area contributed by atoms with Crippen LogP contribution in [0, 0.1) is 10.1 Å². The Morgan fingerprint density at radius 3 is 2.63 bits per heavy atom. The molecule has 106 valence electrons. The maximum atomic E-state index is 11.0. The lowest BCUT2D eigenvalue weighted by atomic mass is 10.1. The van der Waals surface area contributed by atoms with Crippen molar-refractivity contribution in [2.24, 2.45) is 5.84 Å². The number of nitrogens with one attached hydrogen (secondary N) is 1. The van der Waals surface area contributed by atoms with Gasteiger partial charge >= 0.3 is 0 Å². The Kier molecular flexibility index (Phi) is 5.72. The first-order valence-electron chi connectivity index (χ1n) is 6.47. The van der Waals surface area contributed by atoms with Crippen molar-refractivity contribution in [3.8, 4) is 0 Å². The number of nitro groups is 1. The fraction of sp³-hybridized carbons (Fsp3) is 0.538. The van der Waals surface area contributed by atoms with Crippen molar-refractivity contribution >= 4 is 11.4 Å². The molecule has 0 atom stereocenters. The number of nitrogen functional groups attached to an aromatic ring is 1. The summed E-state index contributed by atoms with van der Waals surface area (Å²) in [5, 5.41) is 11.0. The Hall–Kier alpha value is -1.66. The van der Waals surface area contributed by atoms with E-state index in [0.717, 1.165) is 18.5 Å². The Morgan fingerprint density at radius 1 is 1.47 bits per heavy atom. The van der Waals surface area contributed by atoms with Gasteiger partial charge in [-0.1, -0.05) is 13.0 Å². The molecule has 0 bridgehead atoms. The van der Waals surface area contributed by atoms with Gasteiger partial charge in [-0.2, -0.15) is 0 Å². The summed E-state index contributed by atoms with van der Waals surface area (Å²) in [7, 11) is 0. The van der Waals surface area contributed by atoms with Crippen LogP contribution >= 0.6 is 0 Å². The molecule has 0 saturated carbocycles. The van der Waals surface area contributed by atoms with Gasteiger partial charge in [-0.25, -0.2) is 0 Å². The second-order valence-electron chi connectivity index (χ2n) is 4.82. The fourth-order valence-electron chi connectivity index (χ4n) is 1.99. The third-order valence-corrected chi connectivity index (χ3v) is 3.04.